The number of carbonyl (C=O) groups is 2. The fourth-order valence-electron chi connectivity index (χ4n) is 5.04. The minimum Gasteiger partial charge on any atom is -0.365 e. The van der Waals surface area contributed by atoms with Crippen molar-refractivity contribution < 1.29 is 18.0 Å². The van der Waals surface area contributed by atoms with Gasteiger partial charge in [0.15, 0.2) is 16.2 Å². The molecule has 208 valence electrons. The number of hydrogen-bond donors (Lipinski definition) is 3. The molecule has 1 fully saturated rings. The number of carbonyl (C=O) groups excluding carboxylic acids is 2. The summed E-state index contributed by atoms with van der Waals surface area (Å²) in [5.74, 6) is -0.375. The van der Waals surface area contributed by atoms with Gasteiger partial charge in [-0.2, -0.15) is 9.61 Å². The Balaban J connectivity index is 1.54. The first-order valence-corrected chi connectivity index (χ1v) is 14.7. The van der Waals surface area contributed by atoms with Crippen molar-refractivity contribution in [1.82, 2.24) is 24.8 Å². The molecule has 0 bridgehead atoms. The molecule has 2 aromatic carbocycles. The fourth-order valence-corrected chi connectivity index (χ4v) is 5.84. The highest BCUT2D eigenvalue weighted by atomic mass is 32.2. The van der Waals surface area contributed by atoms with Crippen molar-refractivity contribution in [3.63, 3.8) is 0 Å². The predicted molar refractivity (Wildman–Crippen MR) is 150 cm³/mol. The van der Waals surface area contributed by atoms with E-state index in [4.69, 9.17) is 5.14 Å². The topological polar surface area (TPSA) is 152 Å². The van der Waals surface area contributed by atoms with Crippen molar-refractivity contribution >= 4 is 33.3 Å². The zero-order valence-electron chi connectivity index (χ0n) is 22.1. The maximum Gasteiger partial charge on any atom is 0.273 e. The Kier molecular flexibility index (Phi) is 7.81. The number of likely N-dealkylation sites (tertiary alicyclic amines) is 1. The number of nitrogens with two attached hydrogens (primary N) is 1. The number of rotatable bonds is 8. The molecule has 1 saturated heterocycles. The predicted octanol–water partition coefficient (Wildman–Crippen LogP) is 2.76. The Morgan fingerprint density at radius 3 is 2.30 bits per heavy atom. The van der Waals surface area contributed by atoms with Gasteiger partial charge in [-0.25, -0.2) is 18.5 Å². The van der Waals surface area contributed by atoms with Crippen LogP contribution in [0, 0.1) is 0 Å². The maximum atomic E-state index is 13.8. The van der Waals surface area contributed by atoms with Crippen LogP contribution in [0.5, 0.6) is 0 Å². The number of amides is 2. The lowest BCUT2D eigenvalue weighted by Gasteiger charge is -2.32. The van der Waals surface area contributed by atoms with E-state index >= 15 is 0 Å². The smallest absolute Gasteiger partial charge is 0.273 e. The molecule has 3 heterocycles. The van der Waals surface area contributed by atoms with Gasteiger partial charge in [-0.15, -0.1) is 0 Å². The number of sulfonamides is 1. The van der Waals surface area contributed by atoms with Crippen molar-refractivity contribution in [2.75, 3.05) is 25.0 Å². The molecule has 12 heteroatoms. The van der Waals surface area contributed by atoms with E-state index in [-0.39, 0.29) is 35.2 Å². The lowest BCUT2D eigenvalue weighted by molar-refractivity contribution is 0.0713. The molecule has 2 amide bonds. The number of piperidine rings is 1. The van der Waals surface area contributed by atoms with E-state index in [1.54, 1.807) is 11.8 Å². The van der Waals surface area contributed by atoms with Crippen LogP contribution in [-0.2, 0) is 16.6 Å². The number of anilines is 1. The Morgan fingerprint density at radius 2 is 1.68 bits per heavy atom. The van der Waals surface area contributed by atoms with E-state index in [0.717, 1.165) is 18.4 Å². The SMILES string of the molecule is CCNC(=O)c1nn2c(NCc3ccccc3)c(C(=O)N3CCC(c4ccccc4)CC3)cnc2c1S(N)(=O)=O. The minimum absolute atomic E-state index is 0.140. The zero-order chi connectivity index (χ0) is 28.3. The molecule has 0 aliphatic carbocycles. The van der Waals surface area contributed by atoms with Gasteiger partial charge < -0.3 is 15.5 Å². The number of aromatic nitrogens is 3. The summed E-state index contributed by atoms with van der Waals surface area (Å²) in [6.45, 7) is 3.39. The second-order valence-electron chi connectivity index (χ2n) is 9.65. The van der Waals surface area contributed by atoms with Crippen LogP contribution in [0.1, 0.15) is 57.7 Å². The molecular weight excluding hydrogens is 530 g/mol. The van der Waals surface area contributed by atoms with Gasteiger partial charge in [-0.3, -0.25) is 9.59 Å². The van der Waals surface area contributed by atoms with Gasteiger partial charge in [0.05, 0.1) is 0 Å². The molecule has 0 saturated carbocycles. The first-order chi connectivity index (χ1) is 19.3. The average molecular weight is 562 g/mol. The highest BCUT2D eigenvalue weighted by Crippen LogP contribution is 2.30. The third kappa shape index (κ3) is 5.54. The fraction of sp³-hybridized carbons (Fsp3) is 0.286. The van der Waals surface area contributed by atoms with Crippen LogP contribution in [-0.4, -0.2) is 59.4 Å². The monoisotopic (exact) mass is 561 g/mol. The molecule has 1 aliphatic heterocycles. The summed E-state index contributed by atoms with van der Waals surface area (Å²) in [5.41, 5.74) is 1.88. The van der Waals surface area contributed by atoms with Crippen molar-refractivity contribution in [3.8, 4) is 0 Å². The van der Waals surface area contributed by atoms with Crippen LogP contribution < -0.4 is 15.8 Å². The first-order valence-electron chi connectivity index (χ1n) is 13.1. The van der Waals surface area contributed by atoms with Crippen LogP contribution in [0.15, 0.2) is 71.8 Å². The third-order valence-corrected chi connectivity index (χ3v) is 7.97. The molecule has 4 N–H and O–H groups in total. The molecular formula is C28H31N7O4S. The van der Waals surface area contributed by atoms with Crippen molar-refractivity contribution in [2.45, 2.75) is 37.1 Å². The molecule has 5 rings (SSSR count). The van der Waals surface area contributed by atoms with Crippen LogP contribution in [0.3, 0.4) is 0 Å². The van der Waals surface area contributed by atoms with Crippen molar-refractivity contribution in [3.05, 3.63) is 89.2 Å². The Morgan fingerprint density at radius 1 is 1.02 bits per heavy atom. The van der Waals surface area contributed by atoms with E-state index in [0.29, 0.717) is 25.6 Å². The average Bonchev–Trinajstić information content (AvgIpc) is 3.38. The molecule has 11 nitrogen and oxygen atoms in total. The molecule has 0 spiro atoms. The summed E-state index contributed by atoms with van der Waals surface area (Å²) >= 11 is 0. The molecule has 0 radical (unpaired) electrons. The summed E-state index contributed by atoms with van der Waals surface area (Å²) < 4.78 is 26.3. The highest BCUT2D eigenvalue weighted by molar-refractivity contribution is 7.89. The second-order valence-corrected chi connectivity index (χ2v) is 11.2. The van der Waals surface area contributed by atoms with Gasteiger partial charge in [-0.05, 0) is 36.8 Å². The highest BCUT2D eigenvalue weighted by Gasteiger charge is 2.32. The Labute approximate surface area is 232 Å². The van der Waals surface area contributed by atoms with Crippen molar-refractivity contribution in [1.29, 1.82) is 0 Å². The van der Waals surface area contributed by atoms with Gasteiger partial charge in [0.2, 0.25) is 10.0 Å². The first kappa shape index (κ1) is 27.3. The molecule has 40 heavy (non-hydrogen) atoms. The van der Waals surface area contributed by atoms with E-state index < -0.39 is 20.8 Å². The van der Waals surface area contributed by atoms with E-state index in [9.17, 15) is 18.0 Å². The minimum atomic E-state index is -4.38. The van der Waals surface area contributed by atoms with Crippen LogP contribution in [0.25, 0.3) is 5.65 Å². The van der Waals surface area contributed by atoms with Gasteiger partial charge >= 0.3 is 0 Å². The molecule has 4 aromatic rings. The van der Waals surface area contributed by atoms with Gasteiger partial charge in [0.1, 0.15) is 11.4 Å². The number of benzene rings is 2. The Bertz CT molecular complexity index is 1630. The van der Waals surface area contributed by atoms with E-state index in [1.165, 1.54) is 16.3 Å². The second kappa shape index (κ2) is 11.4. The van der Waals surface area contributed by atoms with Crippen molar-refractivity contribution in [2.24, 2.45) is 5.14 Å². The standard InChI is InChI=1S/C28H31N7O4S/c1-2-30-27(36)23-24(40(29,38)39)26-32-18-22(25(35(26)33-23)31-17-19-9-5-3-6-10-19)28(37)34-15-13-21(14-16-34)20-11-7-4-8-12-20/h3-12,18,21,31H,2,13-17H2,1H3,(H,30,36)(H2,29,38,39). The quantitative estimate of drug-likeness (QED) is 0.299. The van der Waals surface area contributed by atoms with Gasteiger partial charge in [0, 0.05) is 32.4 Å². The summed E-state index contributed by atoms with van der Waals surface area (Å²) in [4.78, 5) is 32.1. The number of fused-ring (bicyclic) bond motifs is 1. The molecule has 0 atom stereocenters. The van der Waals surface area contributed by atoms with Gasteiger partial charge in [0.25, 0.3) is 11.8 Å². The normalized spacial score (nSPS) is 14.3. The molecule has 0 unspecified atom stereocenters. The lowest BCUT2D eigenvalue weighted by atomic mass is 9.89. The van der Waals surface area contributed by atoms with Gasteiger partial charge in [-0.1, -0.05) is 60.7 Å². The lowest BCUT2D eigenvalue weighted by Crippen LogP contribution is -2.38. The zero-order valence-corrected chi connectivity index (χ0v) is 22.9. The number of primary sulfonamides is 1. The summed E-state index contributed by atoms with van der Waals surface area (Å²) in [7, 11) is -4.38. The molecule has 1 aliphatic rings. The van der Waals surface area contributed by atoms with Crippen LogP contribution >= 0.6 is 0 Å². The Hall–Kier alpha value is -4.29. The van der Waals surface area contributed by atoms with Crippen LogP contribution in [0.4, 0.5) is 5.82 Å². The number of nitrogens with one attached hydrogen (secondary N) is 2. The summed E-state index contributed by atoms with van der Waals surface area (Å²) in [6, 6.07) is 19.8. The summed E-state index contributed by atoms with van der Waals surface area (Å²) in [6.07, 6.45) is 2.96. The summed E-state index contributed by atoms with van der Waals surface area (Å²) in [5, 5.41) is 15.6. The number of hydrogen-bond acceptors (Lipinski definition) is 7. The van der Waals surface area contributed by atoms with Crippen LogP contribution in [0.2, 0.25) is 0 Å². The molecule has 2 aromatic heterocycles. The third-order valence-electron chi connectivity index (χ3n) is 7.02. The largest absolute Gasteiger partial charge is 0.365 e. The van der Waals surface area contributed by atoms with E-state index in [2.05, 4.69) is 32.8 Å². The number of nitrogens with zero attached hydrogens (tertiary/aromatic N) is 4. The van der Waals surface area contributed by atoms with E-state index in [1.807, 2.05) is 48.5 Å². The maximum absolute atomic E-state index is 13.8.